The van der Waals surface area contributed by atoms with Gasteiger partial charge in [0.25, 0.3) is 0 Å². The van der Waals surface area contributed by atoms with E-state index in [0.717, 1.165) is 19.3 Å². The summed E-state index contributed by atoms with van der Waals surface area (Å²) < 4.78 is 0. The summed E-state index contributed by atoms with van der Waals surface area (Å²) in [7, 11) is 0. The number of carbonyl (C=O) groups excluding carboxylic acids is 1. The van der Waals surface area contributed by atoms with Crippen LogP contribution in [0.3, 0.4) is 0 Å². The van der Waals surface area contributed by atoms with Crippen molar-refractivity contribution in [3.05, 3.63) is 0 Å². The molecule has 0 aromatic carbocycles. The number of nitrogens with one attached hydrogen (secondary N) is 1. The van der Waals surface area contributed by atoms with E-state index in [4.69, 9.17) is 0 Å². The van der Waals surface area contributed by atoms with Gasteiger partial charge in [0.1, 0.15) is 0 Å². The minimum absolute atomic E-state index is 0.00588. The highest BCUT2D eigenvalue weighted by molar-refractivity contribution is 5.85. The van der Waals surface area contributed by atoms with E-state index >= 15 is 0 Å². The third-order valence-electron chi connectivity index (χ3n) is 4.67. The second-order valence-electron chi connectivity index (χ2n) is 7.12. The molecule has 4 atom stereocenters. The van der Waals surface area contributed by atoms with Gasteiger partial charge in [-0.3, -0.25) is 10.1 Å². The summed E-state index contributed by atoms with van der Waals surface area (Å²) >= 11 is 0. The Morgan fingerprint density at radius 3 is 2.26 bits per heavy atom. The molecule has 0 aromatic rings. The zero-order valence-corrected chi connectivity index (χ0v) is 13.8. The molecule has 19 heavy (non-hydrogen) atoms. The molecule has 112 valence electrons. The lowest BCUT2D eigenvalue weighted by molar-refractivity contribution is -0.135. The van der Waals surface area contributed by atoms with Gasteiger partial charge >= 0.3 is 0 Å². The molecule has 1 aliphatic heterocycles. The van der Waals surface area contributed by atoms with Crippen LogP contribution in [0.4, 0.5) is 0 Å². The van der Waals surface area contributed by atoms with Gasteiger partial charge in [-0.2, -0.15) is 0 Å². The Bertz CT molecular complexity index is 308. The number of amides is 1. The van der Waals surface area contributed by atoms with Crippen molar-refractivity contribution >= 4 is 5.91 Å². The quantitative estimate of drug-likeness (QED) is 0.829. The zero-order valence-electron chi connectivity index (χ0n) is 13.8. The summed E-state index contributed by atoms with van der Waals surface area (Å²) in [6.07, 6.45) is 3.40. The number of rotatable bonds is 5. The van der Waals surface area contributed by atoms with Crippen LogP contribution in [0.25, 0.3) is 0 Å². The molecule has 4 unspecified atom stereocenters. The maximum atomic E-state index is 12.7. The molecule has 1 heterocycles. The van der Waals surface area contributed by atoms with Crippen LogP contribution in [0.5, 0.6) is 0 Å². The van der Waals surface area contributed by atoms with Gasteiger partial charge in [0.05, 0.1) is 12.2 Å². The van der Waals surface area contributed by atoms with Crippen molar-refractivity contribution < 1.29 is 4.79 Å². The standard InChI is InChI=1S/C16H32N2O/c1-8-10-13-17-14(11(3)9-2)15(19)18(13)12(4)16(5,6)7/h11-14,17H,8-10H2,1-7H3. The van der Waals surface area contributed by atoms with Crippen LogP contribution in [0, 0.1) is 11.3 Å². The molecule has 0 radical (unpaired) electrons. The van der Waals surface area contributed by atoms with E-state index in [1.54, 1.807) is 0 Å². The van der Waals surface area contributed by atoms with E-state index in [9.17, 15) is 4.79 Å². The van der Waals surface area contributed by atoms with Gasteiger partial charge in [0.2, 0.25) is 5.91 Å². The van der Waals surface area contributed by atoms with Crippen molar-refractivity contribution in [3.63, 3.8) is 0 Å². The number of nitrogens with zero attached hydrogens (tertiary/aromatic N) is 1. The van der Waals surface area contributed by atoms with Crippen LogP contribution in [-0.2, 0) is 4.79 Å². The summed E-state index contributed by atoms with van der Waals surface area (Å²) in [5.41, 5.74) is 0.119. The largest absolute Gasteiger partial charge is 0.323 e. The Hall–Kier alpha value is -0.570. The third kappa shape index (κ3) is 3.50. The molecule has 3 nitrogen and oxygen atoms in total. The van der Waals surface area contributed by atoms with Gasteiger partial charge in [-0.1, -0.05) is 54.4 Å². The molecule has 1 fully saturated rings. The predicted molar refractivity (Wildman–Crippen MR) is 80.8 cm³/mol. The zero-order chi connectivity index (χ0) is 14.8. The molecule has 1 amide bonds. The van der Waals surface area contributed by atoms with Crippen LogP contribution < -0.4 is 5.32 Å². The molecule has 1 N–H and O–H groups in total. The van der Waals surface area contributed by atoms with Crippen LogP contribution in [0.1, 0.15) is 67.7 Å². The molecular formula is C16H32N2O. The van der Waals surface area contributed by atoms with Gasteiger partial charge in [-0.25, -0.2) is 0 Å². The average Bonchev–Trinajstić information content (AvgIpc) is 2.64. The SMILES string of the molecule is CCCC1NC(C(C)CC)C(=O)N1C(C)C(C)(C)C. The minimum atomic E-state index is 0.00588. The molecule has 1 aliphatic rings. The average molecular weight is 268 g/mol. The maximum Gasteiger partial charge on any atom is 0.241 e. The molecule has 0 saturated carbocycles. The van der Waals surface area contributed by atoms with Crippen molar-refractivity contribution in [2.45, 2.75) is 86.0 Å². The highest BCUT2D eigenvalue weighted by Crippen LogP contribution is 2.31. The lowest BCUT2D eigenvalue weighted by Gasteiger charge is -2.38. The number of hydrogen-bond acceptors (Lipinski definition) is 2. The summed E-state index contributed by atoms with van der Waals surface area (Å²) in [4.78, 5) is 14.9. The summed E-state index contributed by atoms with van der Waals surface area (Å²) in [6, 6.07) is 0.268. The Morgan fingerprint density at radius 1 is 1.26 bits per heavy atom. The topological polar surface area (TPSA) is 32.3 Å². The van der Waals surface area contributed by atoms with Crippen LogP contribution in [0.2, 0.25) is 0 Å². The second-order valence-corrected chi connectivity index (χ2v) is 7.12. The Balaban J connectivity index is 2.95. The first-order valence-corrected chi connectivity index (χ1v) is 7.82. The molecule has 0 spiro atoms. The fourth-order valence-electron chi connectivity index (χ4n) is 2.69. The Kier molecular flexibility index (Phi) is 5.43. The first kappa shape index (κ1) is 16.5. The van der Waals surface area contributed by atoms with Gasteiger partial charge in [0, 0.05) is 6.04 Å². The van der Waals surface area contributed by atoms with Gasteiger partial charge < -0.3 is 4.90 Å². The van der Waals surface area contributed by atoms with E-state index in [-0.39, 0.29) is 23.7 Å². The maximum absolute atomic E-state index is 12.7. The normalized spacial score (nSPS) is 27.7. The summed E-state index contributed by atoms with van der Waals surface area (Å²) in [6.45, 7) is 15.3. The van der Waals surface area contributed by atoms with Crippen LogP contribution in [-0.4, -0.2) is 29.1 Å². The lowest BCUT2D eigenvalue weighted by Crippen LogP contribution is -2.48. The van der Waals surface area contributed by atoms with Gasteiger partial charge in [-0.15, -0.1) is 0 Å². The van der Waals surface area contributed by atoms with Crippen molar-refractivity contribution in [2.24, 2.45) is 11.3 Å². The van der Waals surface area contributed by atoms with Crippen LogP contribution in [0.15, 0.2) is 0 Å². The molecule has 1 rings (SSSR count). The molecule has 0 aromatic heterocycles. The fourth-order valence-corrected chi connectivity index (χ4v) is 2.69. The lowest BCUT2D eigenvalue weighted by atomic mass is 9.86. The molecule has 3 heteroatoms. The second kappa shape index (κ2) is 6.25. The number of carbonyl (C=O) groups is 1. The fraction of sp³-hybridized carbons (Fsp3) is 0.938. The van der Waals surface area contributed by atoms with Gasteiger partial charge in [0.15, 0.2) is 0 Å². The number of hydrogen-bond donors (Lipinski definition) is 1. The monoisotopic (exact) mass is 268 g/mol. The van der Waals surface area contributed by atoms with E-state index in [0.29, 0.717) is 11.8 Å². The van der Waals surface area contributed by atoms with E-state index in [2.05, 4.69) is 58.7 Å². The Morgan fingerprint density at radius 2 is 1.84 bits per heavy atom. The molecule has 0 bridgehead atoms. The first-order valence-electron chi connectivity index (χ1n) is 7.82. The van der Waals surface area contributed by atoms with Crippen molar-refractivity contribution in [1.29, 1.82) is 0 Å². The van der Waals surface area contributed by atoms with Gasteiger partial charge in [-0.05, 0) is 24.7 Å². The third-order valence-corrected chi connectivity index (χ3v) is 4.67. The smallest absolute Gasteiger partial charge is 0.241 e. The molecular weight excluding hydrogens is 236 g/mol. The summed E-state index contributed by atoms with van der Waals surface area (Å²) in [5, 5.41) is 3.57. The van der Waals surface area contributed by atoms with E-state index < -0.39 is 0 Å². The first-order chi connectivity index (χ1) is 8.73. The molecule has 1 saturated heterocycles. The summed E-state index contributed by atoms with van der Waals surface area (Å²) in [5.74, 6) is 0.708. The predicted octanol–water partition coefficient (Wildman–Crippen LogP) is 3.39. The highest BCUT2D eigenvalue weighted by Gasteiger charge is 2.44. The van der Waals surface area contributed by atoms with Crippen molar-refractivity contribution in [2.75, 3.05) is 0 Å². The molecule has 0 aliphatic carbocycles. The Labute approximate surface area is 119 Å². The van der Waals surface area contributed by atoms with E-state index in [1.807, 2.05) is 0 Å². The van der Waals surface area contributed by atoms with Crippen molar-refractivity contribution in [3.8, 4) is 0 Å². The van der Waals surface area contributed by atoms with Crippen molar-refractivity contribution in [1.82, 2.24) is 10.2 Å². The van der Waals surface area contributed by atoms with E-state index in [1.165, 1.54) is 0 Å². The van der Waals surface area contributed by atoms with Crippen LogP contribution >= 0.6 is 0 Å². The highest BCUT2D eigenvalue weighted by atomic mass is 16.2. The minimum Gasteiger partial charge on any atom is -0.323 e.